The average molecular weight is 292 g/mol. The van der Waals surface area contributed by atoms with E-state index in [9.17, 15) is 4.79 Å². The first-order chi connectivity index (χ1) is 9.70. The lowest BCUT2D eigenvalue weighted by molar-refractivity contribution is 0.0949. The Balaban J connectivity index is 1.99. The first-order valence-electron chi connectivity index (χ1n) is 6.76. The van der Waals surface area contributed by atoms with E-state index in [0.29, 0.717) is 17.3 Å². The summed E-state index contributed by atoms with van der Waals surface area (Å²) in [7, 11) is 0. The highest BCUT2D eigenvalue weighted by molar-refractivity contribution is 6.31. The molecule has 0 saturated heterocycles. The number of pyridine rings is 1. The summed E-state index contributed by atoms with van der Waals surface area (Å²) in [6.07, 6.45) is 1.08. The summed E-state index contributed by atoms with van der Waals surface area (Å²) < 4.78 is 0. The van der Waals surface area contributed by atoms with Gasteiger partial charge in [-0.05, 0) is 31.2 Å². The Bertz CT molecular complexity index is 601. The molecule has 0 radical (unpaired) electrons. The van der Waals surface area contributed by atoms with Gasteiger partial charge in [-0.25, -0.2) is 4.98 Å². The van der Waals surface area contributed by atoms with E-state index in [-0.39, 0.29) is 5.91 Å². The Morgan fingerprint density at radius 2 is 2.00 bits per heavy atom. The molecule has 0 aliphatic carbocycles. The van der Waals surface area contributed by atoms with Crippen molar-refractivity contribution in [2.45, 2.75) is 13.3 Å². The zero-order chi connectivity index (χ0) is 14.4. The van der Waals surface area contributed by atoms with Crippen molar-refractivity contribution in [2.75, 3.05) is 19.6 Å². The summed E-state index contributed by atoms with van der Waals surface area (Å²) in [5.74, 6) is -0.162. The summed E-state index contributed by atoms with van der Waals surface area (Å²) in [5, 5.41) is 7.65. The van der Waals surface area contributed by atoms with Crippen LogP contribution in [0.4, 0.5) is 0 Å². The van der Waals surface area contributed by atoms with Crippen LogP contribution in [0.3, 0.4) is 0 Å². The van der Waals surface area contributed by atoms with Crippen molar-refractivity contribution < 1.29 is 4.79 Å². The molecule has 2 aromatic rings. The van der Waals surface area contributed by atoms with Crippen LogP contribution in [0.5, 0.6) is 0 Å². The van der Waals surface area contributed by atoms with Gasteiger partial charge in [-0.3, -0.25) is 4.79 Å². The maximum absolute atomic E-state index is 12.0. The van der Waals surface area contributed by atoms with Crippen molar-refractivity contribution in [1.82, 2.24) is 15.6 Å². The smallest absolute Gasteiger partial charge is 0.269 e. The number of nitrogens with zero attached hydrogens (tertiary/aromatic N) is 1. The predicted octanol–water partition coefficient (Wildman–Crippen LogP) is 2.62. The van der Waals surface area contributed by atoms with E-state index in [2.05, 4.69) is 22.5 Å². The van der Waals surface area contributed by atoms with Crippen molar-refractivity contribution in [3.63, 3.8) is 0 Å². The summed E-state index contributed by atoms with van der Waals surface area (Å²) >= 11 is 5.93. The van der Waals surface area contributed by atoms with Crippen LogP contribution < -0.4 is 10.6 Å². The molecule has 2 N–H and O–H groups in total. The van der Waals surface area contributed by atoms with Crippen LogP contribution in [0.25, 0.3) is 10.9 Å². The normalized spacial score (nSPS) is 10.7. The lowest BCUT2D eigenvalue weighted by Crippen LogP contribution is -2.32. The molecule has 0 saturated carbocycles. The highest BCUT2D eigenvalue weighted by atomic mass is 35.5. The number of carbonyl (C=O) groups excluding carboxylic acids is 1. The number of fused-ring (bicyclic) bond motifs is 1. The summed E-state index contributed by atoms with van der Waals surface area (Å²) in [4.78, 5) is 16.3. The molecule has 1 aromatic heterocycles. The van der Waals surface area contributed by atoms with Crippen LogP contribution in [0.2, 0.25) is 5.02 Å². The van der Waals surface area contributed by atoms with Gasteiger partial charge in [0.05, 0.1) is 5.52 Å². The van der Waals surface area contributed by atoms with Gasteiger partial charge < -0.3 is 10.6 Å². The lowest BCUT2D eigenvalue weighted by Gasteiger charge is -2.06. The van der Waals surface area contributed by atoms with E-state index in [1.807, 2.05) is 18.2 Å². The molecule has 0 bridgehead atoms. The zero-order valence-corrected chi connectivity index (χ0v) is 12.2. The molecular formula is C15H18ClN3O. The lowest BCUT2D eigenvalue weighted by atomic mass is 10.2. The van der Waals surface area contributed by atoms with E-state index in [1.54, 1.807) is 12.1 Å². The first-order valence-corrected chi connectivity index (χ1v) is 7.13. The van der Waals surface area contributed by atoms with Crippen LogP contribution in [-0.2, 0) is 0 Å². The summed E-state index contributed by atoms with van der Waals surface area (Å²) in [6.45, 7) is 4.42. The van der Waals surface area contributed by atoms with Gasteiger partial charge in [0.25, 0.3) is 5.91 Å². The predicted molar refractivity (Wildman–Crippen MR) is 82.2 cm³/mol. The van der Waals surface area contributed by atoms with Gasteiger partial charge in [0.15, 0.2) is 0 Å². The van der Waals surface area contributed by atoms with Crippen molar-refractivity contribution in [3.8, 4) is 0 Å². The molecule has 4 nitrogen and oxygen atoms in total. The maximum atomic E-state index is 12.0. The molecule has 0 atom stereocenters. The fourth-order valence-electron chi connectivity index (χ4n) is 1.87. The number of rotatable bonds is 6. The largest absolute Gasteiger partial charge is 0.349 e. The number of halogens is 1. The van der Waals surface area contributed by atoms with Crippen molar-refractivity contribution >= 4 is 28.4 Å². The maximum Gasteiger partial charge on any atom is 0.269 e. The number of carbonyl (C=O) groups is 1. The van der Waals surface area contributed by atoms with Crippen LogP contribution in [-0.4, -0.2) is 30.5 Å². The highest BCUT2D eigenvalue weighted by Crippen LogP contribution is 2.17. The molecule has 0 unspecified atom stereocenters. The molecule has 106 valence electrons. The summed E-state index contributed by atoms with van der Waals surface area (Å²) in [6, 6.07) is 9.07. The van der Waals surface area contributed by atoms with Gasteiger partial charge in [0, 0.05) is 23.5 Å². The number of benzene rings is 1. The van der Waals surface area contributed by atoms with Gasteiger partial charge >= 0.3 is 0 Å². The molecule has 5 heteroatoms. The molecule has 1 aromatic carbocycles. The quantitative estimate of drug-likeness (QED) is 0.805. The molecule has 1 amide bonds. The Kier molecular flexibility index (Phi) is 5.32. The third-order valence-corrected chi connectivity index (χ3v) is 3.14. The third kappa shape index (κ3) is 3.92. The standard InChI is InChI=1S/C15H18ClN3O/c1-2-7-17-8-9-18-15(20)13-6-4-11-3-5-12(16)10-14(11)19-13/h3-6,10,17H,2,7-9H2,1H3,(H,18,20). The third-order valence-electron chi connectivity index (χ3n) is 2.90. The highest BCUT2D eigenvalue weighted by Gasteiger charge is 2.07. The van der Waals surface area contributed by atoms with Crippen molar-refractivity contribution in [2.24, 2.45) is 0 Å². The van der Waals surface area contributed by atoms with Gasteiger partial charge in [-0.2, -0.15) is 0 Å². The van der Waals surface area contributed by atoms with Crippen LogP contribution in [0, 0.1) is 0 Å². The second-order valence-electron chi connectivity index (χ2n) is 4.54. The van der Waals surface area contributed by atoms with Gasteiger partial charge in [-0.15, -0.1) is 0 Å². The molecular weight excluding hydrogens is 274 g/mol. The number of aromatic nitrogens is 1. The Morgan fingerprint density at radius 3 is 2.80 bits per heavy atom. The molecule has 2 rings (SSSR count). The van der Waals surface area contributed by atoms with Gasteiger partial charge in [0.2, 0.25) is 0 Å². The van der Waals surface area contributed by atoms with Gasteiger partial charge in [-0.1, -0.05) is 30.7 Å². The van der Waals surface area contributed by atoms with Gasteiger partial charge in [0.1, 0.15) is 5.69 Å². The zero-order valence-electron chi connectivity index (χ0n) is 11.4. The van der Waals surface area contributed by atoms with E-state index >= 15 is 0 Å². The molecule has 1 heterocycles. The monoisotopic (exact) mass is 291 g/mol. The molecule has 0 fully saturated rings. The second kappa shape index (κ2) is 7.22. The molecule has 0 aliphatic rings. The number of hydrogen-bond donors (Lipinski definition) is 2. The number of nitrogens with one attached hydrogen (secondary N) is 2. The molecule has 20 heavy (non-hydrogen) atoms. The fourth-order valence-corrected chi connectivity index (χ4v) is 2.04. The minimum absolute atomic E-state index is 0.162. The SMILES string of the molecule is CCCNCCNC(=O)c1ccc2ccc(Cl)cc2n1. The van der Waals surface area contributed by atoms with E-state index in [0.717, 1.165) is 30.4 Å². The number of amides is 1. The van der Waals surface area contributed by atoms with Crippen LogP contribution in [0.1, 0.15) is 23.8 Å². The topological polar surface area (TPSA) is 54.0 Å². The summed E-state index contributed by atoms with van der Waals surface area (Å²) in [5.41, 5.74) is 1.14. The molecule has 0 aliphatic heterocycles. The Morgan fingerprint density at radius 1 is 1.20 bits per heavy atom. The molecule has 0 spiro atoms. The van der Waals surface area contributed by atoms with E-state index in [1.165, 1.54) is 0 Å². The minimum atomic E-state index is -0.162. The number of hydrogen-bond acceptors (Lipinski definition) is 3. The second-order valence-corrected chi connectivity index (χ2v) is 4.98. The van der Waals surface area contributed by atoms with E-state index in [4.69, 9.17) is 11.6 Å². The van der Waals surface area contributed by atoms with E-state index < -0.39 is 0 Å². The van der Waals surface area contributed by atoms with Crippen molar-refractivity contribution in [1.29, 1.82) is 0 Å². The van der Waals surface area contributed by atoms with Crippen LogP contribution in [0.15, 0.2) is 30.3 Å². The Labute approximate surface area is 123 Å². The van der Waals surface area contributed by atoms with Crippen molar-refractivity contribution in [3.05, 3.63) is 41.0 Å². The average Bonchev–Trinajstić information content (AvgIpc) is 2.46. The minimum Gasteiger partial charge on any atom is -0.349 e. The first kappa shape index (κ1) is 14.8. The van der Waals surface area contributed by atoms with Crippen LogP contribution >= 0.6 is 11.6 Å². The Hall–Kier alpha value is -1.65. The fraction of sp³-hybridized carbons (Fsp3) is 0.333.